The molecule has 3 nitrogen and oxygen atoms in total. The van der Waals surface area contributed by atoms with Crippen LogP contribution in [0.2, 0.25) is 0 Å². The second-order valence-corrected chi connectivity index (χ2v) is 5.49. The van der Waals surface area contributed by atoms with E-state index >= 15 is 0 Å². The summed E-state index contributed by atoms with van der Waals surface area (Å²) >= 11 is 3.43. The van der Waals surface area contributed by atoms with Crippen molar-refractivity contribution >= 4 is 21.6 Å². The molecular formula is C13H20BrN3. The van der Waals surface area contributed by atoms with Gasteiger partial charge < -0.3 is 10.2 Å². The Morgan fingerprint density at radius 3 is 2.65 bits per heavy atom. The fraction of sp³-hybridized carbons (Fsp3) is 0.615. The molecule has 1 aromatic heterocycles. The quantitative estimate of drug-likeness (QED) is 0.925. The van der Waals surface area contributed by atoms with Crippen LogP contribution in [0.15, 0.2) is 22.9 Å². The first-order chi connectivity index (χ1) is 8.34. The summed E-state index contributed by atoms with van der Waals surface area (Å²) in [5.74, 6) is 0. The maximum absolute atomic E-state index is 4.14. The Bertz CT molecular complexity index is 335. The molecule has 0 aliphatic carbocycles. The third-order valence-corrected chi connectivity index (χ3v) is 3.59. The number of pyridine rings is 1. The standard InChI is InChI=1S/C13H20BrN3/c14-12-9-13(11-15-10-12)16-5-8-17-6-3-1-2-4-7-17/h9-11,16H,1-8H2. The molecule has 2 rings (SSSR count). The van der Waals surface area contributed by atoms with Gasteiger partial charge in [-0.3, -0.25) is 4.98 Å². The van der Waals surface area contributed by atoms with Crippen molar-refractivity contribution in [1.29, 1.82) is 0 Å². The van der Waals surface area contributed by atoms with Gasteiger partial charge in [0, 0.05) is 23.8 Å². The Balaban J connectivity index is 1.71. The monoisotopic (exact) mass is 297 g/mol. The van der Waals surface area contributed by atoms with Crippen molar-refractivity contribution in [3.05, 3.63) is 22.9 Å². The predicted octanol–water partition coefficient (Wildman–Crippen LogP) is 3.13. The molecule has 0 bridgehead atoms. The topological polar surface area (TPSA) is 28.2 Å². The van der Waals surface area contributed by atoms with Crippen molar-refractivity contribution in [2.24, 2.45) is 0 Å². The molecule has 0 spiro atoms. The van der Waals surface area contributed by atoms with E-state index in [1.165, 1.54) is 38.8 Å². The largest absolute Gasteiger partial charge is 0.382 e. The van der Waals surface area contributed by atoms with E-state index in [4.69, 9.17) is 0 Å². The number of likely N-dealkylation sites (tertiary alicyclic amines) is 1. The molecule has 2 heterocycles. The summed E-state index contributed by atoms with van der Waals surface area (Å²) in [4.78, 5) is 6.70. The molecule has 0 unspecified atom stereocenters. The van der Waals surface area contributed by atoms with Crippen LogP contribution in [0.1, 0.15) is 25.7 Å². The van der Waals surface area contributed by atoms with Gasteiger partial charge in [-0.2, -0.15) is 0 Å². The summed E-state index contributed by atoms with van der Waals surface area (Å²) in [5.41, 5.74) is 1.09. The van der Waals surface area contributed by atoms with Crippen molar-refractivity contribution in [2.75, 3.05) is 31.5 Å². The van der Waals surface area contributed by atoms with Crippen LogP contribution in [-0.2, 0) is 0 Å². The van der Waals surface area contributed by atoms with E-state index in [2.05, 4.69) is 37.2 Å². The van der Waals surface area contributed by atoms with E-state index in [9.17, 15) is 0 Å². The van der Waals surface area contributed by atoms with Gasteiger partial charge in [-0.05, 0) is 47.9 Å². The smallest absolute Gasteiger partial charge is 0.0538 e. The molecule has 1 fully saturated rings. The summed E-state index contributed by atoms with van der Waals surface area (Å²) in [6, 6.07) is 2.06. The van der Waals surface area contributed by atoms with Gasteiger partial charge in [-0.15, -0.1) is 0 Å². The molecular weight excluding hydrogens is 278 g/mol. The number of halogens is 1. The zero-order valence-electron chi connectivity index (χ0n) is 10.2. The third-order valence-electron chi connectivity index (χ3n) is 3.16. The Morgan fingerprint density at radius 1 is 1.18 bits per heavy atom. The zero-order valence-corrected chi connectivity index (χ0v) is 11.7. The molecule has 0 saturated carbocycles. The van der Waals surface area contributed by atoms with Gasteiger partial charge in [0.05, 0.1) is 11.9 Å². The second kappa shape index (κ2) is 6.97. The van der Waals surface area contributed by atoms with Gasteiger partial charge in [-0.1, -0.05) is 12.8 Å². The van der Waals surface area contributed by atoms with Gasteiger partial charge in [0.15, 0.2) is 0 Å². The molecule has 1 aromatic rings. The predicted molar refractivity (Wildman–Crippen MR) is 75.3 cm³/mol. The molecule has 1 aliphatic heterocycles. The number of nitrogens with one attached hydrogen (secondary N) is 1. The number of rotatable bonds is 4. The van der Waals surface area contributed by atoms with Crippen molar-refractivity contribution in [2.45, 2.75) is 25.7 Å². The lowest BCUT2D eigenvalue weighted by atomic mass is 10.2. The van der Waals surface area contributed by atoms with Crippen LogP contribution in [0.5, 0.6) is 0 Å². The van der Waals surface area contributed by atoms with Crippen LogP contribution in [0, 0.1) is 0 Å². The molecule has 0 amide bonds. The van der Waals surface area contributed by atoms with Gasteiger partial charge in [0.2, 0.25) is 0 Å². The van der Waals surface area contributed by atoms with Crippen molar-refractivity contribution in [3.63, 3.8) is 0 Å². The van der Waals surface area contributed by atoms with Crippen LogP contribution < -0.4 is 5.32 Å². The minimum absolute atomic E-state index is 0.998. The van der Waals surface area contributed by atoms with Crippen molar-refractivity contribution in [3.8, 4) is 0 Å². The van der Waals surface area contributed by atoms with Crippen LogP contribution in [0.25, 0.3) is 0 Å². The van der Waals surface area contributed by atoms with Gasteiger partial charge in [-0.25, -0.2) is 0 Å². The minimum atomic E-state index is 0.998. The number of aromatic nitrogens is 1. The van der Waals surface area contributed by atoms with Crippen LogP contribution in [0.4, 0.5) is 5.69 Å². The fourth-order valence-electron chi connectivity index (χ4n) is 2.23. The minimum Gasteiger partial charge on any atom is -0.382 e. The highest BCUT2D eigenvalue weighted by molar-refractivity contribution is 9.10. The van der Waals surface area contributed by atoms with E-state index in [1.54, 1.807) is 6.20 Å². The molecule has 0 aromatic carbocycles. The van der Waals surface area contributed by atoms with E-state index in [-0.39, 0.29) is 0 Å². The van der Waals surface area contributed by atoms with E-state index in [1.807, 2.05) is 6.20 Å². The summed E-state index contributed by atoms with van der Waals surface area (Å²) in [6.45, 7) is 4.65. The first-order valence-electron chi connectivity index (χ1n) is 6.41. The number of anilines is 1. The first-order valence-corrected chi connectivity index (χ1v) is 7.21. The van der Waals surface area contributed by atoms with Crippen LogP contribution in [0.3, 0.4) is 0 Å². The highest BCUT2D eigenvalue weighted by Gasteiger charge is 2.07. The SMILES string of the molecule is Brc1cncc(NCCN2CCCCCC2)c1. The number of nitrogens with zero attached hydrogens (tertiary/aromatic N) is 2. The normalized spacial score (nSPS) is 17.7. The summed E-state index contributed by atoms with van der Waals surface area (Å²) in [6.07, 6.45) is 9.20. The van der Waals surface area contributed by atoms with Crippen LogP contribution in [-0.4, -0.2) is 36.1 Å². The zero-order chi connectivity index (χ0) is 11.9. The third kappa shape index (κ3) is 4.64. The lowest BCUT2D eigenvalue weighted by molar-refractivity contribution is 0.296. The lowest BCUT2D eigenvalue weighted by Crippen LogP contribution is -2.29. The molecule has 1 N–H and O–H groups in total. The fourth-order valence-corrected chi connectivity index (χ4v) is 2.59. The van der Waals surface area contributed by atoms with E-state index in [0.29, 0.717) is 0 Å². The Labute approximate surface area is 112 Å². The van der Waals surface area contributed by atoms with Crippen LogP contribution >= 0.6 is 15.9 Å². The first kappa shape index (κ1) is 12.8. The Morgan fingerprint density at radius 2 is 1.94 bits per heavy atom. The summed E-state index contributed by atoms with van der Waals surface area (Å²) < 4.78 is 1.03. The molecule has 1 saturated heterocycles. The molecule has 17 heavy (non-hydrogen) atoms. The molecule has 94 valence electrons. The van der Waals surface area contributed by atoms with Gasteiger partial charge in [0.25, 0.3) is 0 Å². The van der Waals surface area contributed by atoms with Crippen molar-refractivity contribution < 1.29 is 0 Å². The molecule has 0 atom stereocenters. The molecule has 4 heteroatoms. The lowest BCUT2D eigenvalue weighted by Gasteiger charge is -2.20. The van der Waals surface area contributed by atoms with E-state index < -0.39 is 0 Å². The summed E-state index contributed by atoms with van der Waals surface area (Å²) in [7, 11) is 0. The Kier molecular flexibility index (Phi) is 5.26. The highest BCUT2D eigenvalue weighted by Crippen LogP contribution is 2.13. The van der Waals surface area contributed by atoms with Gasteiger partial charge in [0.1, 0.15) is 0 Å². The van der Waals surface area contributed by atoms with Gasteiger partial charge >= 0.3 is 0 Å². The van der Waals surface area contributed by atoms with E-state index in [0.717, 1.165) is 23.2 Å². The molecule has 1 aliphatic rings. The number of hydrogen-bond donors (Lipinski definition) is 1. The number of hydrogen-bond acceptors (Lipinski definition) is 3. The Hall–Kier alpha value is -0.610. The maximum Gasteiger partial charge on any atom is 0.0538 e. The maximum atomic E-state index is 4.14. The highest BCUT2D eigenvalue weighted by atomic mass is 79.9. The summed E-state index contributed by atoms with van der Waals surface area (Å²) in [5, 5.41) is 3.42. The average Bonchev–Trinajstić information content (AvgIpc) is 2.58. The second-order valence-electron chi connectivity index (χ2n) is 4.57. The van der Waals surface area contributed by atoms with Crippen molar-refractivity contribution in [1.82, 2.24) is 9.88 Å². The average molecular weight is 298 g/mol. The molecule has 0 radical (unpaired) electrons.